The Morgan fingerprint density at radius 2 is 2.03 bits per heavy atom. The van der Waals surface area contributed by atoms with E-state index in [0.717, 1.165) is 24.3 Å². The molecule has 0 spiro atoms. The average Bonchev–Trinajstić information content (AvgIpc) is 3.39. The molecular weight excluding hydrogens is 489 g/mol. The largest absolute Gasteiger partial charge is 0.429 e. The van der Waals surface area contributed by atoms with Gasteiger partial charge in [-0.15, -0.1) is 10.3 Å². The smallest absolute Gasteiger partial charge is 0.340 e. The summed E-state index contributed by atoms with van der Waals surface area (Å²) in [5, 5.41) is 21.3. The summed E-state index contributed by atoms with van der Waals surface area (Å²) in [5.74, 6) is 1.28. The lowest BCUT2D eigenvalue weighted by molar-refractivity contribution is -0.170. The molecule has 184 valence electrons. The van der Waals surface area contributed by atoms with Crippen molar-refractivity contribution in [3.8, 4) is 12.3 Å². The molecule has 1 aliphatic heterocycles. The number of carbonyl (C=O) groups excluding carboxylic acids is 1. The van der Waals surface area contributed by atoms with Crippen LogP contribution in [0, 0.1) is 12.3 Å². The zero-order valence-corrected chi connectivity index (χ0v) is 18.4. The van der Waals surface area contributed by atoms with Crippen LogP contribution >= 0.6 is 0 Å². The van der Waals surface area contributed by atoms with Crippen LogP contribution in [-0.2, 0) is 24.4 Å². The maximum Gasteiger partial charge on any atom is 0.340 e. The Morgan fingerprint density at radius 1 is 1.31 bits per heavy atom. The summed E-state index contributed by atoms with van der Waals surface area (Å²) in [6.45, 7) is -0.211. The zero-order valence-electron chi connectivity index (χ0n) is 17.6. The number of ether oxygens (including phenoxy) is 3. The predicted octanol–water partition coefficient (Wildman–Crippen LogP) is -0.481. The number of benzene rings is 1. The van der Waals surface area contributed by atoms with E-state index in [1.165, 1.54) is 17.2 Å². The molecule has 1 aromatic carbocycles. The summed E-state index contributed by atoms with van der Waals surface area (Å²) in [4.78, 5) is 23.8. The van der Waals surface area contributed by atoms with Crippen molar-refractivity contribution in [3.63, 3.8) is 0 Å². The number of fused-ring (bicyclic) bond motifs is 1. The maximum atomic E-state index is 13.0. The van der Waals surface area contributed by atoms with Gasteiger partial charge in [-0.1, -0.05) is 5.92 Å². The number of nitrogens with zero attached hydrogens (tertiary/aromatic N) is 4. The molecule has 35 heavy (non-hydrogen) atoms. The van der Waals surface area contributed by atoms with E-state index in [2.05, 4.69) is 20.9 Å². The highest BCUT2D eigenvalue weighted by atomic mass is 32.3. The van der Waals surface area contributed by atoms with Crippen LogP contribution in [0.2, 0.25) is 0 Å². The molecule has 0 bridgehead atoms. The van der Waals surface area contributed by atoms with E-state index < -0.39 is 51.9 Å². The standard InChI is InChI=1S/C20H18FN5O8S/c1-2-7-32-14-13(27)15(33-18(14)26-9-25-12-16(22)23-8-24-17(12)26)20(29)34-19(28)10-3-5-11(6-4-10)35(21,30)31/h1,3-6,8-9,13-15,18,20,27,29H,7H2,(H2,22,23,24)/t13-,14+,15-,18+,20?/m0/s1. The van der Waals surface area contributed by atoms with Crippen LogP contribution in [0.5, 0.6) is 0 Å². The number of halogens is 1. The highest BCUT2D eigenvalue weighted by Crippen LogP contribution is 2.35. The number of carbonyl (C=O) groups is 1. The van der Waals surface area contributed by atoms with Crippen LogP contribution in [0.1, 0.15) is 16.6 Å². The van der Waals surface area contributed by atoms with Crippen molar-refractivity contribution in [2.24, 2.45) is 0 Å². The topological polar surface area (TPSA) is 189 Å². The van der Waals surface area contributed by atoms with Gasteiger partial charge < -0.3 is 30.2 Å². The van der Waals surface area contributed by atoms with Gasteiger partial charge in [-0.25, -0.2) is 19.7 Å². The first-order chi connectivity index (χ1) is 16.6. The van der Waals surface area contributed by atoms with Gasteiger partial charge in [0.05, 0.1) is 16.8 Å². The summed E-state index contributed by atoms with van der Waals surface area (Å²) in [7, 11) is -4.96. The lowest BCUT2D eigenvalue weighted by Crippen LogP contribution is -2.42. The minimum absolute atomic E-state index is 0.102. The molecule has 13 nitrogen and oxygen atoms in total. The first kappa shape index (κ1) is 24.4. The Hall–Kier alpha value is -3.68. The highest BCUT2D eigenvalue weighted by Gasteiger charge is 2.50. The molecule has 4 N–H and O–H groups in total. The number of anilines is 1. The Bertz CT molecular complexity index is 1390. The summed E-state index contributed by atoms with van der Waals surface area (Å²) < 4.78 is 52.5. The molecule has 3 aromatic rings. The Labute approximate surface area is 197 Å². The minimum atomic E-state index is -4.96. The Balaban J connectivity index is 1.55. The number of rotatable bonds is 7. The van der Waals surface area contributed by atoms with Gasteiger partial charge in [-0.05, 0) is 24.3 Å². The molecule has 0 saturated carbocycles. The number of hydrogen-bond donors (Lipinski definition) is 3. The van der Waals surface area contributed by atoms with Gasteiger partial charge in [0.15, 0.2) is 23.8 Å². The van der Waals surface area contributed by atoms with Crippen molar-refractivity contribution in [1.29, 1.82) is 0 Å². The van der Waals surface area contributed by atoms with E-state index >= 15 is 0 Å². The lowest BCUT2D eigenvalue weighted by atomic mass is 10.1. The van der Waals surface area contributed by atoms with Crippen molar-refractivity contribution in [1.82, 2.24) is 19.5 Å². The van der Waals surface area contributed by atoms with Crippen LogP contribution in [0.15, 0.2) is 41.8 Å². The van der Waals surface area contributed by atoms with Crippen LogP contribution < -0.4 is 5.73 Å². The Morgan fingerprint density at radius 3 is 2.69 bits per heavy atom. The number of nitrogen functional groups attached to an aromatic ring is 1. The first-order valence-corrected chi connectivity index (χ1v) is 11.3. The third kappa shape index (κ3) is 4.78. The van der Waals surface area contributed by atoms with Gasteiger partial charge in [0.25, 0.3) is 0 Å². The SMILES string of the molecule is C#CCO[C@@H]1[C@H](O)[C@@H](C(O)OC(=O)c2ccc(S(=O)(=O)F)cc2)O[C@H]1n1cnc2c(N)ncnc21. The second-order valence-corrected chi connectivity index (χ2v) is 8.65. The number of terminal acetylenes is 1. The van der Waals surface area contributed by atoms with Crippen molar-refractivity contribution in [3.05, 3.63) is 42.5 Å². The molecule has 1 saturated heterocycles. The summed E-state index contributed by atoms with van der Waals surface area (Å²) in [6, 6.07) is 3.71. The van der Waals surface area contributed by atoms with Crippen molar-refractivity contribution < 1.29 is 41.5 Å². The fourth-order valence-electron chi connectivity index (χ4n) is 3.51. The van der Waals surface area contributed by atoms with Gasteiger partial charge in [0.2, 0.25) is 6.29 Å². The molecule has 0 amide bonds. The minimum Gasteiger partial charge on any atom is -0.429 e. The summed E-state index contributed by atoms with van der Waals surface area (Å²) in [6.07, 6.45) is 0.536. The molecule has 15 heteroatoms. The first-order valence-electron chi connectivity index (χ1n) is 9.87. The third-order valence-corrected chi connectivity index (χ3v) is 5.99. The quantitative estimate of drug-likeness (QED) is 0.161. The molecule has 1 unspecified atom stereocenters. The van der Waals surface area contributed by atoms with Gasteiger partial charge in [0, 0.05) is 0 Å². The fraction of sp³-hybridized carbons (Fsp3) is 0.300. The monoisotopic (exact) mass is 507 g/mol. The predicted molar refractivity (Wildman–Crippen MR) is 114 cm³/mol. The zero-order chi connectivity index (χ0) is 25.3. The number of imidazole rings is 1. The number of aliphatic hydroxyl groups excluding tert-OH is 2. The van der Waals surface area contributed by atoms with E-state index in [1.54, 1.807) is 0 Å². The fourth-order valence-corrected chi connectivity index (χ4v) is 3.98. The lowest BCUT2D eigenvalue weighted by Gasteiger charge is -2.21. The second kappa shape index (κ2) is 9.52. The molecule has 4 rings (SSSR count). The molecule has 0 radical (unpaired) electrons. The van der Waals surface area contributed by atoms with Crippen LogP contribution in [-0.4, -0.2) is 75.3 Å². The second-order valence-electron chi connectivity index (χ2n) is 7.30. The molecule has 1 fully saturated rings. The third-order valence-electron chi connectivity index (χ3n) is 5.15. The van der Waals surface area contributed by atoms with Gasteiger partial charge >= 0.3 is 16.2 Å². The maximum absolute atomic E-state index is 13.0. The number of aromatic nitrogens is 4. The molecule has 3 heterocycles. The summed E-state index contributed by atoms with van der Waals surface area (Å²) >= 11 is 0. The molecule has 5 atom stereocenters. The highest BCUT2D eigenvalue weighted by molar-refractivity contribution is 7.86. The molecule has 0 aliphatic carbocycles. The molecular formula is C20H18FN5O8S. The van der Waals surface area contributed by atoms with Crippen LogP contribution in [0.25, 0.3) is 11.2 Å². The number of aliphatic hydroxyl groups is 2. The van der Waals surface area contributed by atoms with E-state index in [9.17, 15) is 27.3 Å². The normalized spacial score (nSPS) is 23.1. The number of esters is 1. The number of nitrogens with two attached hydrogens (primary N) is 1. The van der Waals surface area contributed by atoms with Crippen LogP contribution in [0.4, 0.5) is 9.70 Å². The molecule has 2 aromatic heterocycles. The summed E-state index contributed by atoms with van der Waals surface area (Å²) in [5.41, 5.74) is 6.12. The average molecular weight is 507 g/mol. The van der Waals surface area contributed by atoms with E-state index in [1.807, 2.05) is 0 Å². The van der Waals surface area contributed by atoms with Crippen molar-refractivity contribution in [2.45, 2.75) is 35.7 Å². The van der Waals surface area contributed by atoms with Gasteiger partial charge in [-0.2, -0.15) is 8.42 Å². The van der Waals surface area contributed by atoms with Gasteiger partial charge in [0.1, 0.15) is 30.7 Å². The van der Waals surface area contributed by atoms with E-state index in [-0.39, 0.29) is 29.2 Å². The van der Waals surface area contributed by atoms with Crippen LogP contribution in [0.3, 0.4) is 0 Å². The van der Waals surface area contributed by atoms with E-state index in [0.29, 0.717) is 0 Å². The van der Waals surface area contributed by atoms with Crippen molar-refractivity contribution >= 4 is 33.2 Å². The van der Waals surface area contributed by atoms with Gasteiger partial charge in [-0.3, -0.25) is 4.57 Å². The van der Waals surface area contributed by atoms with E-state index in [4.69, 9.17) is 26.4 Å². The van der Waals surface area contributed by atoms with Crippen molar-refractivity contribution in [2.75, 3.05) is 12.3 Å². The Kier molecular flexibility index (Phi) is 6.65. The number of hydrogen-bond acceptors (Lipinski definition) is 12. The molecule has 1 aliphatic rings.